The van der Waals surface area contributed by atoms with Crippen LogP contribution in [0.3, 0.4) is 0 Å². The van der Waals surface area contributed by atoms with Crippen molar-refractivity contribution >= 4 is 17.6 Å². The summed E-state index contributed by atoms with van der Waals surface area (Å²) in [6.07, 6.45) is 3.52. The first-order valence-corrected chi connectivity index (χ1v) is 5.18. The second-order valence-electron chi connectivity index (χ2n) is 3.58. The van der Waals surface area contributed by atoms with Crippen molar-refractivity contribution < 1.29 is 14.7 Å². The molecule has 1 N–H and O–H groups in total. The number of hydrogen-bond acceptors (Lipinski definition) is 4. The highest BCUT2D eigenvalue weighted by molar-refractivity contribution is 6.08. The summed E-state index contributed by atoms with van der Waals surface area (Å²) in [5, 5.41) is 11.8. The molecule has 0 heterocycles. The number of hydrogen-bond donors (Lipinski definition) is 1. The van der Waals surface area contributed by atoms with E-state index in [1.165, 1.54) is 6.92 Å². The van der Waals surface area contributed by atoms with Crippen molar-refractivity contribution in [1.29, 1.82) is 0 Å². The number of ether oxygens (including phenoxy) is 1. The summed E-state index contributed by atoms with van der Waals surface area (Å²) in [4.78, 5) is 10.9. The molecular formula is C13H15NO3. The first-order chi connectivity index (χ1) is 8.15. The van der Waals surface area contributed by atoms with Crippen molar-refractivity contribution in [3.05, 3.63) is 35.9 Å². The Morgan fingerprint density at radius 1 is 1.41 bits per heavy atom. The van der Waals surface area contributed by atoms with Crippen LogP contribution in [0.15, 0.2) is 35.5 Å². The van der Waals surface area contributed by atoms with Gasteiger partial charge in [-0.05, 0) is 30.7 Å². The van der Waals surface area contributed by atoms with E-state index in [9.17, 15) is 4.79 Å². The van der Waals surface area contributed by atoms with Gasteiger partial charge in [-0.1, -0.05) is 23.4 Å². The Hall–Kier alpha value is -2.10. The third kappa shape index (κ3) is 4.51. The first kappa shape index (κ1) is 13.0. The lowest BCUT2D eigenvalue weighted by Crippen LogP contribution is -2.01. The molecule has 1 aromatic carbocycles. The second-order valence-corrected chi connectivity index (χ2v) is 3.58. The van der Waals surface area contributed by atoms with Gasteiger partial charge in [-0.25, -0.2) is 0 Å². The minimum atomic E-state index is -0.0443. The van der Waals surface area contributed by atoms with Crippen LogP contribution in [0.5, 0.6) is 5.75 Å². The van der Waals surface area contributed by atoms with Crippen LogP contribution in [-0.4, -0.2) is 23.8 Å². The lowest BCUT2D eigenvalue weighted by Gasteiger charge is -1.99. The van der Waals surface area contributed by atoms with Gasteiger partial charge in [0.1, 0.15) is 11.5 Å². The molecule has 0 amide bonds. The Kier molecular flexibility index (Phi) is 4.94. The number of benzene rings is 1. The Balaban J connectivity index is 2.71. The average molecular weight is 233 g/mol. The summed E-state index contributed by atoms with van der Waals surface area (Å²) in [5.41, 5.74) is 1.28. The maximum absolute atomic E-state index is 10.9. The Bertz CT molecular complexity index is 432. The molecule has 1 rings (SSSR count). The number of carbonyl (C=O) groups excluding carboxylic acids is 1. The summed E-state index contributed by atoms with van der Waals surface area (Å²) in [5.74, 6) is 0.735. The summed E-state index contributed by atoms with van der Waals surface area (Å²) in [6.45, 7) is 1.45. The molecular weight excluding hydrogens is 218 g/mol. The molecule has 0 spiro atoms. The van der Waals surface area contributed by atoms with E-state index < -0.39 is 0 Å². The number of Topliss-reactive ketones (excluding diaryl/α,β-unsaturated/α-hetero) is 1. The monoisotopic (exact) mass is 233 g/mol. The SMILES string of the molecule is COc1ccc(/C=C/C(CC(C)=O)=N\O)cc1. The largest absolute Gasteiger partial charge is 0.497 e. The number of oxime groups is 1. The van der Waals surface area contributed by atoms with Crippen LogP contribution in [0, 0.1) is 0 Å². The van der Waals surface area contributed by atoms with Gasteiger partial charge < -0.3 is 9.94 Å². The number of nitrogens with zero attached hydrogens (tertiary/aromatic N) is 1. The molecule has 4 nitrogen and oxygen atoms in total. The second kappa shape index (κ2) is 6.48. The van der Waals surface area contributed by atoms with Crippen LogP contribution in [0.25, 0.3) is 6.08 Å². The van der Waals surface area contributed by atoms with Crippen molar-refractivity contribution in [3.63, 3.8) is 0 Å². The van der Waals surface area contributed by atoms with E-state index in [0.29, 0.717) is 5.71 Å². The molecule has 0 aliphatic rings. The van der Waals surface area contributed by atoms with Crippen molar-refractivity contribution in [2.45, 2.75) is 13.3 Å². The molecule has 4 heteroatoms. The van der Waals surface area contributed by atoms with Gasteiger partial charge in [0, 0.05) is 0 Å². The zero-order chi connectivity index (χ0) is 12.7. The minimum Gasteiger partial charge on any atom is -0.497 e. The number of allylic oxidation sites excluding steroid dienone is 1. The summed E-state index contributed by atoms with van der Waals surface area (Å²) in [6, 6.07) is 7.41. The van der Waals surface area contributed by atoms with Gasteiger partial charge in [-0.3, -0.25) is 4.79 Å². The Morgan fingerprint density at radius 2 is 2.06 bits per heavy atom. The third-order valence-electron chi connectivity index (χ3n) is 2.14. The van der Waals surface area contributed by atoms with E-state index in [1.54, 1.807) is 19.3 Å². The van der Waals surface area contributed by atoms with E-state index in [2.05, 4.69) is 5.16 Å². The molecule has 0 aromatic heterocycles. The normalized spacial score (nSPS) is 11.8. The predicted octanol–water partition coefficient (Wildman–Crippen LogP) is 2.52. The fourth-order valence-electron chi connectivity index (χ4n) is 1.29. The van der Waals surface area contributed by atoms with Crippen LogP contribution in [0.2, 0.25) is 0 Å². The van der Waals surface area contributed by atoms with Gasteiger partial charge in [0.25, 0.3) is 0 Å². The van der Waals surface area contributed by atoms with Crippen molar-refractivity contribution in [3.8, 4) is 5.75 Å². The lowest BCUT2D eigenvalue weighted by molar-refractivity contribution is -0.115. The zero-order valence-electron chi connectivity index (χ0n) is 9.88. The standard InChI is InChI=1S/C13H15NO3/c1-10(15)9-12(14-16)6-3-11-4-7-13(17-2)8-5-11/h3-8,16H,9H2,1-2H3/b6-3+,14-12+. The highest BCUT2D eigenvalue weighted by Gasteiger charge is 1.99. The predicted molar refractivity (Wildman–Crippen MR) is 66.5 cm³/mol. The van der Waals surface area contributed by atoms with Gasteiger partial charge in [-0.2, -0.15) is 0 Å². The average Bonchev–Trinajstić information content (AvgIpc) is 2.34. The highest BCUT2D eigenvalue weighted by Crippen LogP contribution is 2.12. The topological polar surface area (TPSA) is 58.9 Å². The van der Waals surface area contributed by atoms with E-state index in [4.69, 9.17) is 9.94 Å². The van der Waals surface area contributed by atoms with E-state index in [-0.39, 0.29) is 12.2 Å². The van der Waals surface area contributed by atoms with Crippen molar-refractivity contribution in [2.75, 3.05) is 7.11 Å². The van der Waals surface area contributed by atoms with Gasteiger partial charge in [-0.15, -0.1) is 0 Å². The molecule has 0 atom stereocenters. The van der Waals surface area contributed by atoms with E-state index in [1.807, 2.05) is 24.3 Å². The van der Waals surface area contributed by atoms with E-state index >= 15 is 0 Å². The maximum Gasteiger partial charge on any atom is 0.135 e. The molecule has 0 saturated heterocycles. The van der Waals surface area contributed by atoms with Gasteiger partial charge in [0.2, 0.25) is 0 Å². The van der Waals surface area contributed by atoms with Gasteiger partial charge in [0.15, 0.2) is 0 Å². The molecule has 0 unspecified atom stereocenters. The number of methoxy groups -OCH3 is 1. The maximum atomic E-state index is 10.9. The zero-order valence-corrected chi connectivity index (χ0v) is 9.88. The highest BCUT2D eigenvalue weighted by atomic mass is 16.5. The van der Waals surface area contributed by atoms with Crippen molar-refractivity contribution in [1.82, 2.24) is 0 Å². The van der Waals surface area contributed by atoms with Gasteiger partial charge in [0.05, 0.1) is 19.2 Å². The molecule has 0 aliphatic heterocycles. The lowest BCUT2D eigenvalue weighted by atomic mass is 10.1. The van der Waals surface area contributed by atoms with Crippen LogP contribution < -0.4 is 4.74 Å². The van der Waals surface area contributed by atoms with Crippen molar-refractivity contribution in [2.24, 2.45) is 5.16 Å². The summed E-state index contributed by atoms with van der Waals surface area (Å²) < 4.78 is 5.04. The number of carbonyl (C=O) groups is 1. The number of rotatable bonds is 5. The van der Waals surface area contributed by atoms with E-state index in [0.717, 1.165) is 11.3 Å². The molecule has 0 bridgehead atoms. The number of ketones is 1. The molecule has 0 radical (unpaired) electrons. The van der Waals surface area contributed by atoms with Gasteiger partial charge >= 0.3 is 0 Å². The minimum absolute atomic E-state index is 0.0443. The van der Waals surface area contributed by atoms with Crippen LogP contribution >= 0.6 is 0 Å². The third-order valence-corrected chi connectivity index (χ3v) is 2.14. The summed E-state index contributed by atoms with van der Waals surface area (Å²) in [7, 11) is 1.61. The Morgan fingerprint density at radius 3 is 2.53 bits per heavy atom. The molecule has 0 fully saturated rings. The molecule has 0 saturated carbocycles. The first-order valence-electron chi connectivity index (χ1n) is 5.18. The Labute approximate surface area is 100 Å². The fourth-order valence-corrected chi connectivity index (χ4v) is 1.29. The molecule has 90 valence electrons. The smallest absolute Gasteiger partial charge is 0.135 e. The quantitative estimate of drug-likeness (QED) is 0.483. The van der Waals surface area contributed by atoms with Crippen LogP contribution in [0.1, 0.15) is 18.9 Å². The molecule has 1 aromatic rings. The fraction of sp³-hybridized carbons (Fsp3) is 0.231. The molecule has 17 heavy (non-hydrogen) atoms. The molecule has 0 aliphatic carbocycles. The van der Waals surface area contributed by atoms with Crippen LogP contribution in [0.4, 0.5) is 0 Å². The van der Waals surface area contributed by atoms with Crippen LogP contribution in [-0.2, 0) is 4.79 Å². The summed E-state index contributed by atoms with van der Waals surface area (Å²) >= 11 is 0.